The normalized spacial score (nSPS) is 15.3. The average molecular weight is 343 g/mol. The number of thioether (sulfide) groups is 1. The van der Waals surface area contributed by atoms with Crippen molar-refractivity contribution in [1.29, 1.82) is 0 Å². The molecule has 0 spiro atoms. The van der Waals surface area contributed by atoms with Gasteiger partial charge in [0.1, 0.15) is 0 Å². The molecule has 5 heteroatoms. The molecule has 0 rings (SSSR count). The summed E-state index contributed by atoms with van der Waals surface area (Å²) in [4.78, 5) is 4.42. The molecule has 2 unspecified atom stereocenters. The maximum Gasteiger partial charge on any atom is 0.150 e. The Morgan fingerprint density at radius 1 is 1.26 bits per heavy atom. The Morgan fingerprint density at radius 3 is 2.70 bits per heavy atom. The van der Waals surface area contributed by atoms with Crippen LogP contribution in [0.3, 0.4) is 0 Å². The molecule has 4 N–H and O–H groups in total. The van der Waals surface area contributed by atoms with Gasteiger partial charge in [-0.05, 0) is 64.8 Å². The van der Waals surface area contributed by atoms with Crippen LogP contribution in [-0.2, 0) is 0 Å². The van der Waals surface area contributed by atoms with E-state index in [4.69, 9.17) is 5.73 Å². The van der Waals surface area contributed by atoms with Gasteiger partial charge in [-0.1, -0.05) is 26.0 Å². The van der Waals surface area contributed by atoms with Gasteiger partial charge in [0.25, 0.3) is 0 Å². The highest BCUT2D eigenvalue weighted by molar-refractivity contribution is 7.99. The quantitative estimate of drug-likeness (QED) is 0.184. The number of nitrogens with two attached hydrogens (primary N) is 1. The van der Waals surface area contributed by atoms with E-state index in [1.165, 1.54) is 37.9 Å². The van der Waals surface area contributed by atoms with Crippen molar-refractivity contribution in [2.24, 2.45) is 10.7 Å². The number of aliphatic imine (C=N–C) groups is 1. The molecule has 0 saturated carbocycles. The van der Waals surface area contributed by atoms with Crippen LogP contribution in [-0.4, -0.2) is 42.6 Å². The van der Waals surface area contributed by atoms with Gasteiger partial charge in [0, 0.05) is 17.5 Å². The summed E-state index contributed by atoms with van der Waals surface area (Å²) in [6.07, 6.45) is 10.3. The van der Waals surface area contributed by atoms with Crippen LogP contribution in [0.15, 0.2) is 17.1 Å². The molecule has 0 aliphatic heterocycles. The molecule has 136 valence electrons. The standard InChI is InChI=1S/C18H38N4S/c1-5-8-9-10-12-17(6-2)21-13-11-14-23-15-16(4)22-18(19)20-7-3/h5,8,17-18,20-21H,6-7,9-15,19H2,1-4H3. The molecule has 0 saturated heterocycles. The molecule has 0 aromatic rings. The largest absolute Gasteiger partial charge is 0.314 e. The topological polar surface area (TPSA) is 62.4 Å². The van der Waals surface area contributed by atoms with E-state index in [-0.39, 0.29) is 6.29 Å². The van der Waals surface area contributed by atoms with Gasteiger partial charge >= 0.3 is 0 Å². The molecule has 23 heavy (non-hydrogen) atoms. The predicted octanol–water partition coefficient (Wildman–Crippen LogP) is 3.54. The lowest BCUT2D eigenvalue weighted by molar-refractivity contribution is 0.458. The summed E-state index contributed by atoms with van der Waals surface area (Å²) in [5.41, 5.74) is 6.94. The van der Waals surface area contributed by atoms with E-state index in [1.807, 2.05) is 18.7 Å². The number of rotatable bonds is 15. The third-order valence-electron chi connectivity index (χ3n) is 3.63. The summed E-state index contributed by atoms with van der Waals surface area (Å²) in [6.45, 7) is 10.4. The fourth-order valence-corrected chi connectivity index (χ4v) is 3.19. The molecule has 0 radical (unpaired) electrons. The van der Waals surface area contributed by atoms with Crippen molar-refractivity contribution in [1.82, 2.24) is 10.6 Å². The Bertz CT molecular complexity index is 318. The molecule has 0 fully saturated rings. The third kappa shape index (κ3) is 14.9. The Balaban J connectivity index is 3.62. The van der Waals surface area contributed by atoms with Crippen LogP contribution in [0.4, 0.5) is 0 Å². The lowest BCUT2D eigenvalue weighted by Gasteiger charge is -2.16. The van der Waals surface area contributed by atoms with Crippen molar-refractivity contribution in [3.05, 3.63) is 12.2 Å². The second-order valence-electron chi connectivity index (χ2n) is 5.83. The molecular formula is C18H38N4S. The summed E-state index contributed by atoms with van der Waals surface area (Å²) >= 11 is 1.94. The predicted molar refractivity (Wildman–Crippen MR) is 107 cm³/mol. The van der Waals surface area contributed by atoms with Crippen LogP contribution < -0.4 is 16.4 Å². The van der Waals surface area contributed by atoms with Crippen molar-refractivity contribution in [2.75, 3.05) is 24.6 Å². The van der Waals surface area contributed by atoms with Crippen molar-refractivity contribution in [3.8, 4) is 0 Å². The van der Waals surface area contributed by atoms with E-state index >= 15 is 0 Å². The second kappa shape index (κ2) is 16.5. The second-order valence-corrected chi connectivity index (χ2v) is 6.94. The number of nitrogens with zero attached hydrogens (tertiary/aromatic N) is 1. The highest BCUT2D eigenvalue weighted by Gasteiger charge is 2.04. The van der Waals surface area contributed by atoms with Crippen LogP contribution in [0.25, 0.3) is 0 Å². The Labute approximate surface area is 148 Å². The minimum Gasteiger partial charge on any atom is -0.314 e. The first-order valence-electron chi connectivity index (χ1n) is 9.08. The van der Waals surface area contributed by atoms with E-state index < -0.39 is 0 Å². The fourth-order valence-electron chi connectivity index (χ4n) is 2.33. The maximum atomic E-state index is 5.82. The van der Waals surface area contributed by atoms with Crippen molar-refractivity contribution in [2.45, 2.75) is 72.1 Å². The van der Waals surface area contributed by atoms with Gasteiger partial charge in [-0.2, -0.15) is 11.8 Å². The number of hydrogen-bond donors (Lipinski definition) is 3. The molecule has 0 aliphatic rings. The number of allylic oxidation sites excluding steroid dienone is 2. The summed E-state index contributed by atoms with van der Waals surface area (Å²) in [5.74, 6) is 2.14. The summed E-state index contributed by atoms with van der Waals surface area (Å²) in [6, 6.07) is 0.673. The van der Waals surface area contributed by atoms with E-state index in [0.717, 1.165) is 24.6 Å². The molecule has 0 heterocycles. The van der Waals surface area contributed by atoms with E-state index in [9.17, 15) is 0 Å². The first-order chi connectivity index (χ1) is 11.1. The number of unbranched alkanes of at least 4 members (excludes halogenated alkanes) is 1. The molecule has 0 aromatic heterocycles. The zero-order valence-corrected chi connectivity index (χ0v) is 16.4. The lowest BCUT2D eigenvalue weighted by Crippen LogP contribution is -2.36. The smallest absolute Gasteiger partial charge is 0.150 e. The number of nitrogens with one attached hydrogen (secondary N) is 2. The Hall–Kier alpha value is -0.360. The van der Waals surface area contributed by atoms with Crippen LogP contribution in [0.5, 0.6) is 0 Å². The highest BCUT2D eigenvalue weighted by Crippen LogP contribution is 2.07. The van der Waals surface area contributed by atoms with Crippen LogP contribution in [0.2, 0.25) is 0 Å². The summed E-state index contributed by atoms with van der Waals surface area (Å²) in [7, 11) is 0. The van der Waals surface area contributed by atoms with E-state index in [2.05, 4.69) is 48.5 Å². The molecule has 0 aromatic carbocycles. The fraction of sp³-hybridized carbons (Fsp3) is 0.833. The van der Waals surface area contributed by atoms with Gasteiger partial charge < -0.3 is 5.32 Å². The minimum absolute atomic E-state index is 0.255. The Morgan fingerprint density at radius 2 is 2.04 bits per heavy atom. The van der Waals surface area contributed by atoms with Gasteiger partial charge in [-0.25, -0.2) is 0 Å². The van der Waals surface area contributed by atoms with Crippen LogP contribution in [0, 0.1) is 0 Å². The van der Waals surface area contributed by atoms with Gasteiger partial charge in [0.2, 0.25) is 0 Å². The molecule has 0 bridgehead atoms. The Kier molecular flexibility index (Phi) is 16.2. The van der Waals surface area contributed by atoms with E-state index in [1.54, 1.807) is 0 Å². The van der Waals surface area contributed by atoms with Crippen molar-refractivity contribution >= 4 is 17.5 Å². The third-order valence-corrected chi connectivity index (χ3v) is 4.83. The molecule has 4 nitrogen and oxygen atoms in total. The monoisotopic (exact) mass is 342 g/mol. The SMILES string of the molecule is CC=CCCCC(CC)NCCCSCC(C)=NC(N)NCC. The first kappa shape index (κ1) is 22.6. The summed E-state index contributed by atoms with van der Waals surface area (Å²) < 4.78 is 0. The average Bonchev–Trinajstić information content (AvgIpc) is 2.52. The van der Waals surface area contributed by atoms with Crippen LogP contribution in [0.1, 0.15) is 59.8 Å². The number of hydrogen-bond acceptors (Lipinski definition) is 5. The van der Waals surface area contributed by atoms with Gasteiger partial charge in [-0.15, -0.1) is 0 Å². The zero-order chi connectivity index (χ0) is 17.3. The minimum atomic E-state index is -0.255. The lowest BCUT2D eigenvalue weighted by atomic mass is 10.1. The highest BCUT2D eigenvalue weighted by atomic mass is 32.2. The van der Waals surface area contributed by atoms with E-state index in [0.29, 0.717) is 6.04 Å². The van der Waals surface area contributed by atoms with Gasteiger partial charge in [-0.3, -0.25) is 16.0 Å². The zero-order valence-electron chi connectivity index (χ0n) is 15.6. The first-order valence-corrected chi connectivity index (χ1v) is 10.2. The molecular weight excluding hydrogens is 304 g/mol. The molecule has 0 aliphatic carbocycles. The van der Waals surface area contributed by atoms with Crippen LogP contribution >= 0.6 is 11.8 Å². The van der Waals surface area contributed by atoms with Crippen molar-refractivity contribution < 1.29 is 0 Å². The summed E-state index contributed by atoms with van der Waals surface area (Å²) in [5, 5.41) is 6.78. The maximum absolute atomic E-state index is 5.82. The molecule has 2 atom stereocenters. The van der Waals surface area contributed by atoms with Crippen molar-refractivity contribution in [3.63, 3.8) is 0 Å². The van der Waals surface area contributed by atoms with Gasteiger partial charge in [0.15, 0.2) is 6.29 Å². The van der Waals surface area contributed by atoms with Gasteiger partial charge in [0.05, 0.1) is 0 Å². The molecule has 0 amide bonds.